The summed E-state index contributed by atoms with van der Waals surface area (Å²) in [6, 6.07) is 3.99. The zero-order valence-corrected chi connectivity index (χ0v) is 9.97. The van der Waals surface area contributed by atoms with E-state index in [1.165, 1.54) is 13.2 Å². The third-order valence-corrected chi connectivity index (χ3v) is 2.54. The fraction of sp³-hybridized carbons (Fsp3) is 0.300. The number of ether oxygens (including phenoxy) is 1. The molecule has 0 aliphatic heterocycles. The lowest BCUT2D eigenvalue weighted by atomic mass is 10.2. The maximum atomic E-state index is 13.3. The lowest BCUT2D eigenvalue weighted by molar-refractivity contribution is -0.141. The molecule has 0 fully saturated rings. The number of rotatable bonds is 3. The molecule has 82 valence electrons. The summed E-state index contributed by atoms with van der Waals surface area (Å²) in [6.45, 7) is 1.60. The second-order valence-electron chi connectivity index (χ2n) is 2.99. The van der Waals surface area contributed by atoms with Crippen LogP contribution in [0.5, 0.6) is 0 Å². The minimum atomic E-state index is -0.594. The average molecular weight is 276 g/mol. The van der Waals surface area contributed by atoms with Crippen molar-refractivity contribution >= 4 is 27.6 Å². The molecule has 1 N–H and O–H groups in total. The van der Waals surface area contributed by atoms with Crippen molar-refractivity contribution in [2.24, 2.45) is 0 Å². The number of carbonyl (C=O) groups is 1. The Morgan fingerprint density at radius 2 is 2.27 bits per heavy atom. The molecule has 3 nitrogen and oxygen atoms in total. The van der Waals surface area contributed by atoms with Gasteiger partial charge in [-0.2, -0.15) is 0 Å². The van der Waals surface area contributed by atoms with Gasteiger partial charge in [-0.3, -0.25) is 0 Å². The van der Waals surface area contributed by atoms with Crippen molar-refractivity contribution in [1.29, 1.82) is 0 Å². The molecule has 0 aliphatic rings. The summed E-state index contributed by atoms with van der Waals surface area (Å²) < 4.78 is 18.4. The Hall–Kier alpha value is -1.10. The Morgan fingerprint density at radius 1 is 1.60 bits per heavy atom. The maximum Gasteiger partial charge on any atom is 0.327 e. The molecule has 0 saturated heterocycles. The maximum absolute atomic E-state index is 13.3. The monoisotopic (exact) mass is 275 g/mol. The fourth-order valence-corrected chi connectivity index (χ4v) is 1.54. The molecule has 1 aromatic rings. The Balaban J connectivity index is 2.85. The van der Waals surface area contributed by atoms with Crippen LogP contribution in [0, 0.1) is 5.82 Å². The van der Waals surface area contributed by atoms with Crippen LogP contribution in [-0.4, -0.2) is 19.1 Å². The van der Waals surface area contributed by atoms with E-state index in [4.69, 9.17) is 0 Å². The first-order valence-corrected chi connectivity index (χ1v) is 5.14. The molecule has 0 aromatic heterocycles. The minimum absolute atomic E-state index is 0.260. The normalized spacial score (nSPS) is 12.0. The number of carbonyl (C=O) groups excluding carboxylic acids is 1. The van der Waals surface area contributed by atoms with Gasteiger partial charge in [-0.15, -0.1) is 0 Å². The molecule has 0 saturated carbocycles. The molecule has 0 radical (unpaired) electrons. The first-order valence-electron chi connectivity index (χ1n) is 4.34. The summed E-state index contributed by atoms with van der Waals surface area (Å²) in [7, 11) is 1.29. The van der Waals surface area contributed by atoms with Crippen LogP contribution in [-0.2, 0) is 9.53 Å². The molecule has 1 aromatic carbocycles. The molecule has 1 atom stereocenters. The van der Waals surface area contributed by atoms with Gasteiger partial charge in [0.2, 0.25) is 0 Å². The fourth-order valence-electron chi connectivity index (χ4n) is 1.09. The molecule has 1 unspecified atom stereocenters. The summed E-state index contributed by atoms with van der Waals surface area (Å²) in [6.07, 6.45) is 0. The summed E-state index contributed by atoms with van der Waals surface area (Å²) in [5.41, 5.74) is 0.260. The summed E-state index contributed by atoms with van der Waals surface area (Å²) >= 11 is 3.19. The number of methoxy groups -OCH3 is 1. The molecule has 15 heavy (non-hydrogen) atoms. The van der Waals surface area contributed by atoms with E-state index in [-0.39, 0.29) is 5.69 Å². The van der Waals surface area contributed by atoms with Crippen LogP contribution in [0.2, 0.25) is 0 Å². The summed E-state index contributed by atoms with van der Waals surface area (Å²) in [4.78, 5) is 11.1. The third kappa shape index (κ3) is 2.92. The highest BCUT2D eigenvalue weighted by Gasteiger charge is 2.15. The van der Waals surface area contributed by atoms with Gasteiger partial charge in [0.05, 0.1) is 12.8 Å². The van der Waals surface area contributed by atoms with Crippen molar-refractivity contribution in [2.75, 3.05) is 12.4 Å². The lowest BCUT2D eigenvalue weighted by Crippen LogP contribution is -2.27. The second-order valence-corrected chi connectivity index (χ2v) is 3.84. The first kappa shape index (κ1) is 12.0. The van der Waals surface area contributed by atoms with Gasteiger partial charge in [0, 0.05) is 4.47 Å². The van der Waals surface area contributed by atoms with E-state index in [2.05, 4.69) is 26.0 Å². The second kappa shape index (κ2) is 5.11. The Morgan fingerprint density at radius 3 is 2.80 bits per heavy atom. The molecule has 0 heterocycles. The Bertz CT molecular complexity index is 350. The number of halogens is 2. The highest BCUT2D eigenvalue weighted by molar-refractivity contribution is 9.10. The molecule has 5 heteroatoms. The zero-order chi connectivity index (χ0) is 11.4. The minimum Gasteiger partial charge on any atom is -0.467 e. The first-order chi connectivity index (χ1) is 7.06. The zero-order valence-electron chi connectivity index (χ0n) is 8.38. The molecule has 0 bridgehead atoms. The molecular formula is C10H11BrFNO2. The van der Waals surface area contributed by atoms with Crippen LogP contribution in [0.3, 0.4) is 0 Å². The predicted octanol–water partition coefficient (Wildman–Crippen LogP) is 2.56. The molecule has 1 rings (SSSR count). The summed E-state index contributed by atoms with van der Waals surface area (Å²) in [5, 5.41) is 2.73. The standard InChI is InChI=1S/C10H11BrFNO2/c1-6(10(14)15-2)13-9-7(11)4-3-5-8(9)12/h3-6,13H,1-2H3. The van der Waals surface area contributed by atoms with Crippen molar-refractivity contribution < 1.29 is 13.9 Å². The third-order valence-electron chi connectivity index (χ3n) is 1.88. The largest absolute Gasteiger partial charge is 0.467 e. The average Bonchev–Trinajstić information content (AvgIpc) is 2.22. The van der Waals surface area contributed by atoms with Crippen LogP contribution in [0.15, 0.2) is 22.7 Å². The quantitative estimate of drug-likeness (QED) is 0.862. The molecule has 0 aliphatic carbocycles. The highest BCUT2D eigenvalue weighted by Crippen LogP contribution is 2.25. The smallest absolute Gasteiger partial charge is 0.327 e. The van der Waals surface area contributed by atoms with Crippen LogP contribution in [0.4, 0.5) is 10.1 Å². The van der Waals surface area contributed by atoms with Gasteiger partial charge >= 0.3 is 5.97 Å². The lowest BCUT2D eigenvalue weighted by Gasteiger charge is -2.14. The molecule has 0 spiro atoms. The van der Waals surface area contributed by atoms with Crippen molar-refractivity contribution in [1.82, 2.24) is 0 Å². The van der Waals surface area contributed by atoms with Gasteiger partial charge in [0.1, 0.15) is 11.9 Å². The van der Waals surface area contributed by atoms with E-state index in [9.17, 15) is 9.18 Å². The van der Waals surface area contributed by atoms with Crippen LogP contribution >= 0.6 is 15.9 Å². The molecule has 0 amide bonds. The van der Waals surface area contributed by atoms with E-state index in [0.717, 1.165) is 0 Å². The van der Waals surface area contributed by atoms with Gasteiger partial charge in [0.15, 0.2) is 0 Å². The predicted molar refractivity (Wildman–Crippen MR) is 59.2 cm³/mol. The SMILES string of the molecule is COC(=O)C(C)Nc1c(F)cccc1Br. The van der Waals surface area contributed by atoms with Crippen molar-refractivity contribution in [3.05, 3.63) is 28.5 Å². The van der Waals surface area contributed by atoms with Crippen molar-refractivity contribution in [3.63, 3.8) is 0 Å². The van der Waals surface area contributed by atoms with Crippen LogP contribution in [0.1, 0.15) is 6.92 Å². The van der Waals surface area contributed by atoms with Gasteiger partial charge in [-0.1, -0.05) is 6.07 Å². The Kier molecular flexibility index (Phi) is 4.08. The van der Waals surface area contributed by atoms with Gasteiger partial charge in [-0.05, 0) is 35.0 Å². The van der Waals surface area contributed by atoms with E-state index in [1.54, 1.807) is 19.1 Å². The van der Waals surface area contributed by atoms with Crippen LogP contribution < -0.4 is 5.32 Å². The number of hydrogen-bond donors (Lipinski definition) is 1. The number of nitrogens with one attached hydrogen (secondary N) is 1. The number of hydrogen-bond acceptors (Lipinski definition) is 3. The number of anilines is 1. The van der Waals surface area contributed by atoms with E-state index >= 15 is 0 Å². The van der Waals surface area contributed by atoms with Crippen molar-refractivity contribution in [2.45, 2.75) is 13.0 Å². The highest BCUT2D eigenvalue weighted by atomic mass is 79.9. The molecular weight excluding hydrogens is 265 g/mol. The van der Waals surface area contributed by atoms with Crippen molar-refractivity contribution in [3.8, 4) is 0 Å². The van der Waals surface area contributed by atoms with Crippen LogP contribution in [0.25, 0.3) is 0 Å². The van der Waals surface area contributed by atoms with Gasteiger partial charge < -0.3 is 10.1 Å². The number of para-hydroxylation sites is 1. The topological polar surface area (TPSA) is 38.3 Å². The van der Waals surface area contributed by atoms with E-state index in [1.807, 2.05) is 0 Å². The van der Waals surface area contributed by atoms with E-state index < -0.39 is 17.8 Å². The van der Waals surface area contributed by atoms with Gasteiger partial charge in [0.25, 0.3) is 0 Å². The number of esters is 1. The Labute approximate surface area is 95.7 Å². The van der Waals surface area contributed by atoms with Gasteiger partial charge in [-0.25, -0.2) is 9.18 Å². The van der Waals surface area contributed by atoms with E-state index in [0.29, 0.717) is 4.47 Å². The number of benzene rings is 1. The summed E-state index contributed by atoms with van der Waals surface area (Å²) in [5.74, 6) is -0.856.